The fourth-order valence-corrected chi connectivity index (χ4v) is 4.04. The number of halogens is 1. The summed E-state index contributed by atoms with van der Waals surface area (Å²) in [4.78, 5) is 0. The zero-order valence-corrected chi connectivity index (χ0v) is 19.8. The summed E-state index contributed by atoms with van der Waals surface area (Å²) in [6.07, 6.45) is 0. The smallest absolute Gasteiger partial charge is 0.130 e. The summed E-state index contributed by atoms with van der Waals surface area (Å²) in [6.45, 7) is 0. The van der Waals surface area contributed by atoms with Crippen LogP contribution < -0.4 is 28.4 Å². The third-order valence-electron chi connectivity index (χ3n) is 5.30. The molecule has 0 aromatic heterocycles. The molecule has 0 N–H and O–H groups in total. The molecule has 0 aliphatic rings. The van der Waals surface area contributed by atoms with Gasteiger partial charge in [-0.05, 0) is 11.6 Å². The molecule has 0 bridgehead atoms. The summed E-state index contributed by atoms with van der Waals surface area (Å²) < 4.78 is 34.0. The lowest BCUT2D eigenvalue weighted by atomic mass is 9.82. The van der Waals surface area contributed by atoms with E-state index in [2.05, 4.69) is 0 Å². The molecule has 0 aliphatic heterocycles. The van der Waals surface area contributed by atoms with Crippen LogP contribution in [0.15, 0.2) is 48.5 Å². The Morgan fingerprint density at radius 3 is 1.25 bits per heavy atom. The van der Waals surface area contributed by atoms with E-state index < -0.39 is 5.92 Å². The minimum atomic E-state index is -0.449. The molecule has 7 heteroatoms. The van der Waals surface area contributed by atoms with E-state index in [-0.39, 0.29) is 0 Å². The van der Waals surface area contributed by atoms with Crippen LogP contribution in [0.2, 0.25) is 5.02 Å². The molecule has 0 radical (unpaired) electrons. The van der Waals surface area contributed by atoms with E-state index in [1.807, 2.05) is 48.5 Å². The summed E-state index contributed by atoms with van der Waals surface area (Å²) in [5.41, 5.74) is 2.34. The van der Waals surface area contributed by atoms with Gasteiger partial charge in [-0.15, -0.1) is 0 Å². The van der Waals surface area contributed by atoms with Crippen molar-refractivity contribution in [3.63, 3.8) is 0 Å². The normalized spacial score (nSPS) is 10.6. The molecule has 0 fully saturated rings. The van der Waals surface area contributed by atoms with Gasteiger partial charge in [0.1, 0.15) is 34.5 Å². The van der Waals surface area contributed by atoms with E-state index in [1.54, 1.807) is 42.7 Å². The van der Waals surface area contributed by atoms with Gasteiger partial charge in [0.25, 0.3) is 0 Å². The molecule has 3 aromatic carbocycles. The highest BCUT2D eigenvalue weighted by Crippen LogP contribution is 2.51. The van der Waals surface area contributed by atoms with Crippen LogP contribution in [0.3, 0.4) is 0 Å². The maximum absolute atomic E-state index is 6.71. The van der Waals surface area contributed by atoms with Crippen LogP contribution in [0.5, 0.6) is 34.5 Å². The molecule has 0 spiro atoms. The van der Waals surface area contributed by atoms with Crippen molar-refractivity contribution in [1.82, 2.24) is 0 Å². The fraction of sp³-hybridized carbons (Fsp3) is 0.280. The van der Waals surface area contributed by atoms with Gasteiger partial charge in [0.05, 0.1) is 48.6 Å². The Labute approximate surface area is 193 Å². The molecule has 3 aromatic rings. The molecule has 0 saturated heterocycles. The minimum absolute atomic E-state index is 0.449. The third kappa shape index (κ3) is 4.36. The first-order valence-electron chi connectivity index (χ1n) is 9.87. The average Bonchev–Trinajstić information content (AvgIpc) is 2.84. The molecule has 0 unspecified atom stereocenters. The monoisotopic (exact) mass is 458 g/mol. The van der Waals surface area contributed by atoms with Crippen LogP contribution in [-0.4, -0.2) is 42.7 Å². The van der Waals surface area contributed by atoms with Crippen molar-refractivity contribution in [2.75, 3.05) is 42.7 Å². The molecule has 0 saturated carbocycles. The Morgan fingerprint density at radius 1 is 0.562 bits per heavy atom. The van der Waals surface area contributed by atoms with Crippen LogP contribution in [0.1, 0.15) is 22.6 Å². The van der Waals surface area contributed by atoms with Gasteiger partial charge in [0.2, 0.25) is 0 Å². The van der Waals surface area contributed by atoms with Crippen molar-refractivity contribution < 1.29 is 28.4 Å². The van der Waals surface area contributed by atoms with Crippen LogP contribution in [0.4, 0.5) is 0 Å². The summed E-state index contributed by atoms with van der Waals surface area (Å²) in [5.74, 6) is 3.06. The molecule has 3 rings (SSSR count). The van der Waals surface area contributed by atoms with Gasteiger partial charge in [-0.2, -0.15) is 0 Å². The SMILES string of the molecule is COc1cc(OC)c(C(c2ccccc2Cl)c2c(OC)cc(OC)cc2OC)c(OC)c1. The average molecular weight is 459 g/mol. The Morgan fingerprint density at radius 2 is 0.938 bits per heavy atom. The van der Waals surface area contributed by atoms with Gasteiger partial charge in [-0.1, -0.05) is 29.8 Å². The number of methoxy groups -OCH3 is 6. The summed E-state index contributed by atoms with van der Waals surface area (Å²) in [5, 5.41) is 0.581. The van der Waals surface area contributed by atoms with Gasteiger partial charge < -0.3 is 28.4 Å². The number of hydrogen-bond acceptors (Lipinski definition) is 6. The summed E-state index contributed by atoms with van der Waals surface area (Å²) in [7, 11) is 9.59. The maximum atomic E-state index is 6.71. The molecule has 0 aliphatic carbocycles. The maximum Gasteiger partial charge on any atom is 0.130 e. The van der Waals surface area contributed by atoms with Crippen molar-refractivity contribution in [1.29, 1.82) is 0 Å². The number of hydrogen-bond donors (Lipinski definition) is 0. The second-order valence-electron chi connectivity index (χ2n) is 6.85. The highest BCUT2D eigenvalue weighted by Gasteiger charge is 2.32. The molecule has 6 nitrogen and oxygen atoms in total. The van der Waals surface area contributed by atoms with Crippen molar-refractivity contribution in [2.45, 2.75) is 5.92 Å². The molecule has 0 heterocycles. The molecule has 170 valence electrons. The highest BCUT2D eigenvalue weighted by atomic mass is 35.5. The number of ether oxygens (including phenoxy) is 6. The zero-order valence-electron chi connectivity index (χ0n) is 19.0. The number of rotatable bonds is 9. The van der Waals surface area contributed by atoms with E-state index in [1.165, 1.54) is 0 Å². The molecule has 32 heavy (non-hydrogen) atoms. The Hall–Kier alpha value is -3.25. The van der Waals surface area contributed by atoms with Gasteiger partial charge in [-0.3, -0.25) is 0 Å². The quantitative estimate of drug-likeness (QED) is 0.390. The van der Waals surface area contributed by atoms with E-state index >= 15 is 0 Å². The Balaban J connectivity index is 2.46. The highest BCUT2D eigenvalue weighted by molar-refractivity contribution is 6.31. The fourth-order valence-electron chi connectivity index (χ4n) is 3.80. The first-order valence-corrected chi connectivity index (χ1v) is 10.2. The van der Waals surface area contributed by atoms with Crippen molar-refractivity contribution >= 4 is 11.6 Å². The first-order chi connectivity index (χ1) is 15.5. The van der Waals surface area contributed by atoms with Crippen LogP contribution in [0.25, 0.3) is 0 Å². The van der Waals surface area contributed by atoms with E-state index in [0.29, 0.717) is 39.5 Å². The summed E-state index contributed by atoms with van der Waals surface area (Å²) in [6, 6.07) is 14.9. The van der Waals surface area contributed by atoms with Gasteiger partial charge >= 0.3 is 0 Å². The Bertz CT molecular complexity index is 968. The topological polar surface area (TPSA) is 55.4 Å². The predicted octanol–water partition coefficient (Wildman–Crippen LogP) is 5.57. The second-order valence-corrected chi connectivity index (χ2v) is 7.25. The molecular weight excluding hydrogens is 432 g/mol. The molecular formula is C25H27ClO6. The first kappa shape index (κ1) is 23.4. The van der Waals surface area contributed by atoms with Crippen LogP contribution >= 0.6 is 11.6 Å². The minimum Gasteiger partial charge on any atom is -0.496 e. The third-order valence-corrected chi connectivity index (χ3v) is 5.64. The van der Waals surface area contributed by atoms with E-state index in [9.17, 15) is 0 Å². The lowest BCUT2D eigenvalue weighted by Crippen LogP contribution is -2.11. The van der Waals surface area contributed by atoms with E-state index in [0.717, 1.165) is 16.7 Å². The molecule has 0 amide bonds. The zero-order chi connectivity index (χ0) is 23.3. The Kier molecular flexibility index (Phi) is 7.59. The van der Waals surface area contributed by atoms with Crippen molar-refractivity contribution in [2.24, 2.45) is 0 Å². The lowest BCUT2D eigenvalue weighted by Gasteiger charge is -2.27. The predicted molar refractivity (Wildman–Crippen MR) is 125 cm³/mol. The second kappa shape index (κ2) is 10.4. The van der Waals surface area contributed by atoms with Gasteiger partial charge in [-0.25, -0.2) is 0 Å². The van der Waals surface area contributed by atoms with Crippen molar-refractivity contribution in [3.05, 3.63) is 70.2 Å². The number of benzene rings is 3. The lowest BCUT2D eigenvalue weighted by molar-refractivity contribution is 0.359. The largest absolute Gasteiger partial charge is 0.496 e. The van der Waals surface area contributed by atoms with Crippen molar-refractivity contribution in [3.8, 4) is 34.5 Å². The van der Waals surface area contributed by atoms with Crippen LogP contribution in [0, 0.1) is 0 Å². The molecule has 0 atom stereocenters. The standard InChI is InChI=1S/C25H27ClO6/c1-27-15-11-19(29-3)24(20(12-15)30-4)23(17-9-7-8-10-18(17)26)25-21(31-5)13-16(28-2)14-22(25)32-6/h7-14,23H,1-6H3. The van der Waals surface area contributed by atoms with Crippen LogP contribution in [-0.2, 0) is 0 Å². The van der Waals surface area contributed by atoms with Gasteiger partial charge in [0.15, 0.2) is 0 Å². The van der Waals surface area contributed by atoms with Gasteiger partial charge in [0, 0.05) is 40.4 Å². The summed E-state index contributed by atoms with van der Waals surface area (Å²) >= 11 is 6.71. The van der Waals surface area contributed by atoms with E-state index in [4.69, 9.17) is 40.0 Å².